The van der Waals surface area contributed by atoms with Crippen molar-refractivity contribution in [2.45, 2.75) is 0 Å². The van der Waals surface area contributed by atoms with Crippen LogP contribution in [-0.2, 0) is 0 Å². The van der Waals surface area contributed by atoms with Crippen LogP contribution in [0.25, 0.3) is 10.9 Å². The first-order valence-corrected chi connectivity index (χ1v) is 7.65. The monoisotopic (exact) mass is 344 g/mol. The Hall–Kier alpha value is -2.66. The Kier molecular flexibility index (Phi) is 4.62. The summed E-state index contributed by atoms with van der Waals surface area (Å²) in [7, 11) is 4.80. The highest BCUT2D eigenvalue weighted by molar-refractivity contribution is 6.32. The molecule has 124 valence electrons. The Morgan fingerprint density at radius 3 is 2.38 bits per heavy atom. The smallest absolute Gasteiger partial charge is 0.144 e. The normalized spacial score (nSPS) is 10.5. The number of anilines is 2. The van der Waals surface area contributed by atoms with Gasteiger partial charge in [-0.25, -0.2) is 0 Å². The molecule has 0 aliphatic carbocycles. The first-order valence-electron chi connectivity index (χ1n) is 7.27. The van der Waals surface area contributed by atoms with E-state index in [1.165, 1.54) is 0 Å². The molecular weight excluding hydrogens is 328 g/mol. The van der Waals surface area contributed by atoms with Crippen LogP contribution in [-0.4, -0.2) is 26.3 Å². The largest absolute Gasteiger partial charge is 0.497 e. The third-order valence-corrected chi connectivity index (χ3v) is 3.99. The topological polar surface area (TPSA) is 52.6 Å². The maximum absolute atomic E-state index is 6.16. The molecule has 1 heterocycles. The zero-order valence-corrected chi connectivity index (χ0v) is 14.3. The van der Waals surface area contributed by atoms with Crippen LogP contribution >= 0.6 is 11.6 Å². The van der Waals surface area contributed by atoms with Gasteiger partial charge < -0.3 is 19.5 Å². The molecule has 0 spiro atoms. The number of rotatable bonds is 5. The van der Waals surface area contributed by atoms with E-state index in [4.69, 9.17) is 25.8 Å². The molecule has 0 aliphatic rings. The van der Waals surface area contributed by atoms with Crippen LogP contribution in [0.2, 0.25) is 5.02 Å². The predicted octanol–water partition coefficient (Wildman–Crippen LogP) is 4.66. The van der Waals surface area contributed by atoms with Crippen molar-refractivity contribution in [1.82, 2.24) is 4.98 Å². The minimum absolute atomic E-state index is 0.487. The minimum Gasteiger partial charge on any atom is -0.497 e. The Balaban J connectivity index is 2.09. The highest BCUT2D eigenvalue weighted by atomic mass is 35.5. The summed E-state index contributed by atoms with van der Waals surface area (Å²) in [6.07, 6.45) is 1.75. The molecule has 0 unspecified atom stereocenters. The highest BCUT2D eigenvalue weighted by Gasteiger charge is 2.12. The number of hydrogen-bond acceptors (Lipinski definition) is 5. The van der Waals surface area contributed by atoms with E-state index in [0.717, 1.165) is 28.0 Å². The van der Waals surface area contributed by atoms with Crippen molar-refractivity contribution in [2.24, 2.45) is 0 Å². The molecule has 3 rings (SSSR count). The predicted molar refractivity (Wildman–Crippen MR) is 96.1 cm³/mol. The molecule has 0 saturated carbocycles. The first kappa shape index (κ1) is 16.2. The van der Waals surface area contributed by atoms with E-state index >= 15 is 0 Å². The van der Waals surface area contributed by atoms with Gasteiger partial charge in [0.2, 0.25) is 0 Å². The summed E-state index contributed by atoms with van der Waals surface area (Å²) < 4.78 is 16.0. The maximum Gasteiger partial charge on any atom is 0.144 e. The zero-order valence-electron chi connectivity index (χ0n) is 13.6. The van der Waals surface area contributed by atoms with E-state index in [0.29, 0.717) is 16.5 Å². The van der Waals surface area contributed by atoms with E-state index in [2.05, 4.69) is 10.3 Å². The molecule has 3 aromatic rings. The summed E-state index contributed by atoms with van der Waals surface area (Å²) in [6.45, 7) is 0. The molecule has 2 aromatic carbocycles. The number of pyridine rings is 1. The van der Waals surface area contributed by atoms with Gasteiger partial charge in [-0.2, -0.15) is 0 Å². The van der Waals surface area contributed by atoms with Gasteiger partial charge in [0.15, 0.2) is 0 Å². The van der Waals surface area contributed by atoms with Gasteiger partial charge in [-0.05, 0) is 24.3 Å². The molecule has 0 aliphatic heterocycles. The number of fused-ring (bicyclic) bond motifs is 1. The summed E-state index contributed by atoms with van der Waals surface area (Å²) in [5.41, 5.74) is 2.48. The lowest BCUT2D eigenvalue weighted by Crippen LogP contribution is -1.98. The van der Waals surface area contributed by atoms with Crippen LogP contribution in [0, 0.1) is 0 Å². The molecule has 0 atom stereocenters. The van der Waals surface area contributed by atoms with E-state index in [9.17, 15) is 0 Å². The molecule has 1 aromatic heterocycles. The van der Waals surface area contributed by atoms with E-state index in [-0.39, 0.29) is 0 Å². The van der Waals surface area contributed by atoms with Crippen molar-refractivity contribution in [2.75, 3.05) is 26.6 Å². The SMILES string of the molecule is COc1ccc2nccc(Nc3cc(OC)c(Cl)cc3OC)c2c1. The molecule has 0 fully saturated rings. The third-order valence-electron chi connectivity index (χ3n) is 3.69. The van der Waals surface area contributed by atoms with Crippen molar-refractivity contribution in [1.29, 1.82) is 0 Å². The average Bonchev–Trinajstić information content (AvgIpc) is 2.62. The lowest BCUT2D eigenvalue weighted by Gasteiger charge is -2.15. The number of halogens is 1. The molecule has 6 heteroatoms. The number of methoxy groups -OCH3 is 3. The fraction of sp³-hybridized carbons (Fsp3) is 0.167. The van der Waals surface area contributed by atoms with Crippen LogP contribution in [0.4, 0.5) is 11.4 Å². The fourth-order valence-electron chi connectivity index (χ4n) is 2.46. The van der Waals surface area contributed by atoms with Crippen molar-refractivity contribution in [3.05, 3.63) is 47.6 Å². The lowest BCUT2D eigenvalue weighted by atomic mass is 10.1. The number of hydrogen-bond donors (Lipinski definition) is 1. The van der Waals surface area contributed by atoms with Crippen molar-refractivity contribution < 1.29 is 14.2 Å². The fourth-order valence-corrected chi connectivity index (χ4v) is 2.70. The Morgan fingerprint density at radius 2 is 1.67 bits per heavy atom. The molecule has 24 heavy (non-hydrogen) atoms. The van der Waals surface area contributed by atoms with Gasteiger partial charge in [-0.1, -0.05) is 11.6 Å². The molecule has 1 N–H and O–H groups in total. The van der Waals surface area contributed by atoms with Crippen LogP contribution in [0.1, 0.15) is 0 Å². The molecule has 0 amide bonds. The number of benzene rings is 2. The first-order chi connectivity index (χ1) is 11.7. The second kappa shape index (κ2) is 6.84. The number of nitrogens with zero attached hydrogens (tertiary/aromatic N) is 1. The van der Waals surface area contributed by atoms with Gasteiger partial charge in [0.1, 0.15) is 17.2 Å². The molecule has 5 nitrogen and oxygen atoms in total. The number of nitrogens with one attached hydrogen (secondary N) is 1. The standard InChI is InChI=1S/C18H17ClN2O3/c1-22-11-4-5-14-12(8-11)15(6-7-20-14)21-16-10-17(23-2)13(19)9-18(16)24-3/h4-10H,1-3H3,(H,20,21). The van der Waals surface area contributed by atoms with E-state index in [1.807, 2.05) is 24.3 Å². The molecule has 0 saturated heterocycles. The van der Waals surface area contributed by atoms with Crippen molar-refractivity contribution in [3.8, 4) is 17.2 Å². The van der Waals surface area contributed by atoms with Crippen molar-refractivity contribution >= 4 is 33.9 Å². The Bertz CT molecular complexity index is 884. The van der Waals surface area contributed by atoms with Crippen LogP contribution in [0.15, 0.2) is 42.6 Å². The lowest BCUT2D eigenvalue weighted by molar-refractivity contribution is 0.405. The zero-order chi connectivity index (χ0) is 17.1. The van der Waals surface area contributed by atoms with Gasteiger partial charge in [0.25, 0.3) is 0 Å². The summed E-state index contributed by atoms with van der Waals surface area (Å²) in [4.78, 5) is 4.38. The van der Waals surface area contributed by atoms with Gasteiger partial charge >= 0.3 is 0 Å². The molecule has 0 radical (unpaired) electrons. The maximum atomic E-state index is 6.16. The third kappa shape index (κ3) is 3.03. The summed E-state index contributed by atoms with van der Waals surface area (Å²) in [5, 5.41) is 4.79. The van der Waals surface area contributed by atoms with Gasteiger partial charge in [0, 0.05) is 29.4 Å². The average molecular weight is 345 g/mol. The van der Waals surface area contributed by atoms with E-state index in [1.54, 1.807) is 39.7 Å². The second-order valence-corrected chi connectivity index (χ2v) is 5.46. The van der Waals surface area contributed by atoms with Gasteiger partial charge in [-0.15, -0.1) is 0 Å². The van der Waals surface area contributed by atoms with Gasteiger partial charge in [-0.3, -0.25) is 4.98 Å². The molecular formula is C18H17ClN2O3. The van der Waals surface area contributed by atoms with Crippen LogP contribution in [0.5, 0.6) is 17.2 Å². The Labute approximate surface area is 145 Å². The second-order valence-electron chi connectivity index (χ2n) is 5.05. The van der Waals surface area contributed by atoms with Crippen molar-refractivity contribution in [3.63, 3.8) is 0 Å². The van der Waals surface area contributed by atoms with Gasteiger partial charge in [0.05, 0.1) is 37.6 Å². The number of aromatic nitrogens is 1. The van der Waals surface area contributed by atoms with Crippen LogP contribution in [0.3, 0.4) is 0 Å². The quantitative estimate of drug-likeness (QED) is 0.729. The van der Waals surface area contributed by atoms with Crippen LogP contribution < -0.4 is 19.5 Å². The minimum atomic E-state index is 0.487. The number of ether oxygens (including phenoxy) is 3. The summed E-state index contributed by atoms with van der Waals surface area (Å²) in [6, 6.07) is 11.1. The summed E-state index contributed by atoms with van der Waals surface area (Å²) in [5.74, 6) is 1.95. The Morgan fingerprint density at radius 1 is 0.875 bits per heavy atom. The summed E-state index contributed by atoms with van der Waals surface area (Å²) >= 11 is 6.16. The van der Waals surface area contributed by atoms with E-state index < -0.39 is 0 Å². The molecule has 0 bridgehead atoms. The highest BCUT2D eigenvalue weighted by Crippen LogP contribution is 2.38.